The van der Waals surface area contributed by atoms with E-state index >= 15 is 0 Å². The van der Waals surface area contributed by atoms with Crippen molar-refractivity contribution in [3.05, 3.63) is 63.9 Å². The van der Waals surface area contributed by atoms with Gasteiger partial charge in [-0.3, -0.25) is 4.79 Å². The highest BCUT2D eigenvalue weighted by Crippen LogP contribution is 2.31. The molecule has 0 unspecified atom stereocenters. The number of aliphatic hydroxyl groups is 1. The summed E-state index contributed by atoms with van der Waals surface area (Å²) in [4.78, 5) is 12.1. The van der Waals surface area contributed by atoms with Gasteiger partial charge < -0.3 is 21.1 Å². The minimum absolute atomic E-state index is 0.0167. The van der Waals surface area contributed by atoms with Crippen molar-refractivity contribution < 1.29 is 22.7 Å². The lowest BCUT2D eigenvalue weighted by Crippen LogP contribution is -2.54. The molecule has 1 aliphatic heterocycles. The average molecular weight is 566 g/mol. The fourth-order valence-corrected chi connectivity index (χ4v) is 7.07. The number of benzene rings is 2. The molecule has 1 heterocycles. The van der Waals surface area contributed by atoms with Gasteiger partial charge in [-0.2, -0.15) is 0 Å². The summed E-state index contributed by atoms with van der Waals surface area (Å²) in [6, 6.07) is 10.5. The average Bonchev–Trinajstić information content (AvgIpc) is 3.65. The molecular weight excluding hydrogens is 529 g/mol. The number of rotatable bonds is 9. The van der Waals surface area contributed by atoms with Gasteiger partial charge in [0, 0.05) is 24.5 Å². The van der Waals surface area contributed by atoms with E-state index in [1.54, 1.807) is 0 Å². The maximum Gasteiger partial charge on any atom is 0.238 e. The van der Waals surface area contributed by atoms with E-state index in [2.05, 4.69) is 48.9 Å². The quantitative estimate of drug-likeness (QED) is 0.370. The minimum atomic E-state index is -3.44. The highest BCUT2D eigenvalue weighted by atomic mass is 35.5. The van der Waals surface area contributed by atoms with E-state index in [4.69, 9.17) is 11.6 Å². The molecular formula is C28H37ClFN3O4S. The Morgan fingerprint density at radius 3 is 2.50 bits per heavy atom. The lowest BCUT2D eigenvalue weighted by molar-refractivity contribution is -0.115. The number of halogens is 2. The highest BCUT2D eigenvalue weighted by molar-refractivity contribution is 7.91. The van der Waals surface area contributed by atoms with Crippen molar-refractivity contribution in [2.45, 2.75) is 70.2 Å². The van der Waals surface area contributed by atoms with Gasteiger partial charge in [0.25, 0.3) is 0 Å². The number of sulfone groups is 1. The van der Waals surface area contributed by atoms with Crippen LogP contribution in [-0.4, -0.2) is 55.7 Å². The molecule has 2 aromatic carbocycles. The Balaban J connectivity index is 1.42. The van der Waals surface area contributed by atoms with Gasteiger partial charge in [0.1, 0.15) is 5.82 Å². The minimum Gasteiger partial charge on any atom is -0.391 e. The molecule has 4 N–H and O–H groups in total. The van der Waals surface area contributed by atoms with Crippen LogP contribution in [0.25, 0.3) is 0 Å². The number of amides is 1. The predicted octanol–water partition coefficient (Wildman–Crippen LogP) is 3.57. The number of carbonyl (C=O) groups is 1. The maximum absolute atomic E-state index is 14.9. The number of hydrogen-bond donors (Lipinski definition) is 4. The van der Waals surface area contributed by atoms with Crippen molar-refractivity contribution in [1.29, 1.82) is 0 Å². The van der Waals surface area contributed by atoms with Crippen LogP contribution in [0, 0.1) is 11.7 Å². The van der Waals surface area contributed by atoms with Gasteiger partial charge in [-0.1, -0.05) is 56.6 Å². The molecule has 0 spiro atoms. The maximum atomic E-state index is 14.9. The number of anilines is 1. The van der Waals surface area contributed by atoms with Crippen LogP contribution in [-0.2, 0) is 33.0 Å². The van der Waals surface area contributed by atoms with Crippen LogP contribution in [0.3, 0.4) is 0 Å². The van der Waals surface area contributed by atoms with Crippen molar-refractivity contribution in [2.75, 3.05) is 23.4 Å². The van der Waals surface area contributed by atoms with Gasteiger partial charge in [0.2, 0.25) is 5.91 Å². The third-order valence-electron chi connectivity index (χ3n) is 7.15. The Bertz CT molecular complexity index is 1250. The first-order valence-corrected chi connectivity index (χ1v) is 15.2. The zero-order valence-corrected chi connectivity index (χ0v) is 23.6. The van der Waals surface area contributed by atoms with Crippen molar-refractivity contribution in [2.24, 2.45) is 5.92 Å². The molecule has 1 amide bonds. The zero-order chi connectivity index (χ0) is 27.7. The Kier molecular flexibility index (Phi) is 8.84. The van der Waals surface area contributed by atoms with Crippen molar-refractivity contribution in [3.63, 3.8) is 0 Å². The van der Waals surface area contributed by atoms with E-state index in [1.807, 2.05) is 12.1 Å². The summed E-state index contributed by atoms with van der Waals surface area (Å²) in [7, 11) is -3.44. The largest absolute Gasteiger partial charge is 0.391 e. The van der Waals surface area contributed by atoms with Crippen LogP contribution in [0.2, 0.25) is 5.02 Å². The summed E-state index contributed by atoms with van der Waals surface area (Å²) in [6.07, 6.45) is 1.24. The Hall–Kier alpha value is -2.04. The molecule has 1 saturated heterocycles. The molecule has 3 atom stereocenters. The van der Waals surface area contributed by atoms with E-state index in [0.717, 1.165) is 18.4 Å². The van der Waals surface area contributed by atoms with E-state index in [1.165, 1.54) is 17.7 Å². The SMILES string of the molecule is CC(C)(C)c1cccc(CN[C@H]2CS(=O)(=O)C[C@@H](Cc3cc(F)c(NC(=O)CNC4CC4)c(Cl)c3)[C@@H]2O)c1. The first-order chi connectivity index (χ1) is 17.8. The molecule has 4 rings (SSSR count). The van der Waals surface area contributed by atoms with Crippen LogP contribution in [0.5, 0.6) is 0 Å². The fourth-order valence-electron chi connectivity index (χ4n) is 4.82. The molecule has 0 bridgehead atoms. The topological polar surface area (TPSA) is 108 Å². The van der Waals surface area contributed by atoms with Crippen molar-refractivity contribution >= 4 is 33.0 Å². The molecule has 0 aromatic heterocycles. The lowest BCUT2D eigenvalue weighted by Gasteiger charge is -2.35. The van der Waals surface area contributed by atoms with E-state index in [0.29, 0.717) is 18.2 Å². The van der Waals surface area contributed by atoms with E-state index in [9.17, 15) is 22.7 Å². The predicted molar refractivity (Wildman–Crippen MR) is 149 cm³/mol. The van der Waals surface area contributed by atoms with Gasteiger partial charge in [0.15, 0.2) is 9.84 Å². The molecule has 2 fully saturated rings. The van der Waals surface area contributed by atoms with Gasteiger partial charge in [-0.15, -0.1) is 0 Å². The third kappa shape index (κ3) is 7.76. The lowest BCUT2D eigenvalue weighted by atomic mass is 9.86. The van der Waals surface area contributed by atoms with Crippen LogP contribution >= 0.6 is 11.6 Å². The summed E-state index contributed by atoms with van der Waals surface area (Å²) < 4.78 is 40.3. The van der Waals surface area contributed by atoms with Gasteiger partial charge >= 0.3 is 0 Å². The van der Waals surface area contributed by atoms with Crippen molar-refractivity contribution in [3.8, 4) is 0 Å². The zero-order valence-electron chi connectivity index (χ0n) is 22.1. The summed E-state index contributed by atoms with van der Waals surface area (Å²) in [5, 5.41) is 19.9. The highest BCUT2D eigenvalue weighted by Gasteiger charge is 2.39. The molecule has 1 saturated carbocycles. The summed E-state index contributed by atoms with van der Waals surface area (Å²) in [6.45, 7) is 6.87. The Morgan fingerprint density at radius 1 is 1.11 bits per heavy atom. The summed E-state index contributed by atoms with van der Waals surface area (Å²) in [5.74, 6) is -2.09. The first kappa shape index (κ1) is 29.0. The van der Waals surface area contributed by atoms with Crippen LogP contribution in [0.15, 0.2) is 36.4 Å². The number of nitrogens with one attached hydrogen (secondary N) is 3. The number of carbonyl (C=O) groups excluding carboxylic acids is 1. The van der Waals surface area contributed by atoms with Gasteiger partial charge in [-0.25, -0.2) is 12.8 Å². The van der Waals surface area contributed by atoms with Crippen LogP contribution in [0.1, 0.15) is 50.3 Å². The molecule has 208 valence electrons. The third-order valence-corrected chi connectivity index (χ3v) is 9.25. The second-order valence-corrected chi connectivity index (χ2v) is 14.2. The van der Waals surface area contributed by atoms with Crippen LogP contribution < -0.4 is 16.0 Å². The molecule has 10 heteroatoms. The summed E-state index contributed by atoms with van der Waals surface area (Å²) >= 11 is 6.29. The van der Waals surface area contributed by atoms with E-state index < -0.39 is 33.7 Å². The molecule has 0 radical (unpaired) electrons. The monoisotopic (exact) mass is 565 g/mol. The number of aliphatic hydroxyl groups excluding tert-OH is 1. The Morgan fingerprint density at radius 2 is 1.84 bits per heavy atom. The molecule has 1 aliphatic carbocycles. The number of hydrogen-bond acceptors (Lipinski definition) is 6. The second-order valence-electron chi connectivity index (χ2n) is 11.6. The van der Waals surface area contributed by atoms with E-state index in [-0.39, 0.29) is 46.5 Å². The first-order valence-electron chi connectivity index (χ1n) is 13.0. The fraction of sp³-hybridized carbons (Fsp3) is 0.536. The molecule has 2 aromatic rings. The standard InChI is InChI=1S/C28H37ClFN3O4S/c1-28(2,3)20-6-4-5-17(10-20)13-32-24-16-38(36,37)15-19(27(24)35)9-18-11-22(29)26(23(30)12-18)33-25(34)14-31-21-7-8-21/h4-6,10-12,19,21,24,27,31-32,35H,7-9,13-16H2,1-3H3,(H,33,34)/t19-,24+,27+/m1/s1. The van der Waals surface area contributed by atoms with Crippen molar-refractivity contribution in [1.82, 2.24) is 10.6 Å². The second kappa shape index (κ2) is 11.6. The van der Waals surface area contributed by atoms with Gasteiger partial charge in [0.05, 0.1) is 34.9 Å². The molecule has 2 aliphatic rings. The Labute approximate surface area is 229 Å². The van der Waals surface area contributed by atoms with Gasteiger partial charge in [-0.05, 0) is 53.5 Å². The summed E-state index contributed by atoms with van der Waals surface area (Å²) in [5.41, 5.74) is 2.51. The normalized spacial score (nSPS) is 23.3. The van der Waals surface area contributed by atoms with Crippen LogP contribution in [0.4, 0.5) is 10.1 Å². The smallest absolute Gasteiger partial charge is 0.238 e. The molecule has 38 heavy (non-hydrogen) atoms. The molecule has 7 nitrogen and oxygen atoms in total.